The largest absolute Gasteiger partial charge is 0.300 e. The van der Waals surface area contributed by atoms with Crippen LogP contribution in [0.1, 0.15) is 46.0 Å². The number of hydrazine groups is 1. The van der Waals surface area contributed by atoms with Crippen molar-refractivity contribution < 1.29 is 8.42 Å². The fourth-order valence-electron chi connectivity index (χ4n) is 3.92. The molecule has 4 fully saturated rings. The highest BCUT2D eigenvalue weighted by atomic mass is 32.2. The van der Waals surface area contributed by atoms with Crippen LogP contribution >= 0.6 is 11.8 Å². The van der Waals surface area contributed by atoms with Gasteiger partial charge >= 0.3 is 0 Å². The first-order valence-electron chi connectivity index (χ1n) is 8.55. The molecule has 0 amide bonds. The van der Waals surface area contributed by atoms with E-state index in [1.807, 2.05) is 18.7 Å². The lowest BCUT2D eigenvalue weighted by molar-refractivity contribution is 0.173. The lowest BCUT2D eigenvalue weighted by atomic mass is 9.90. The van der Waals surface area contributed by atoms with Gasteiger partial charge in [-0.15, -0.1) is 11.8 Å². The van der Waals surface area contributed by atoms with Crippen LogP contribution in [0, 0.1) is 0 Å². The van der Waals surface area contributed by atoms with Crippen LogP contribution in [-0.2, 0) is 10.0 Å². The third-order valence-corrected chi connectivity index (χ3v) is 8.86. The van der Waals surface area contributed by atoms with E-state index in [0.29, 0.717) is 11.4 Å². The molecule has 0 radical (unpaired) electrons. The quantitative estimate of drug-likeness (QED) is 0.564. The van der Waals surface area contributed by atoms with Gasteiger partial charge in [-0.2, -0.15) is 0 Å². The smallest absolute Gasteiger partial charge is 0.215 e. The van der Waals surface area contributed by atoms with Crippen LogP contribution in [-0.4, -0.2) is 53.7 Å². The zero-order valence-electron chi connectivity index (χ0n) is 13.7. The topological polar surface area (TPSA) is 85.5 Å². The maximum atomic E-state index is 12.7. The van der Waals surface area contributed by atoms with Gasteiger partial charge in [0.1, 0.15) is 5.50 Å². The number of thioether (sulfide) groups is 1. The molecule has 0 spiro atoms. The Morgan fingerprint density at radius 3 is 2.70 bits per heavy atom. The molecule has 4 aliphatic rings. The normalized spacial score (nSPS) is 43.5. The van der Waals surface area contributed by atoms with Crippen molar-refractivity contribution in [3.05, 3.63) is 0 Å². The molecule has 2 heterocycles. The Hall–Kier alpha value is 0.1000. The molecule has 23 heavy (non-hydrogen) atoms. The molecule has 0 aromatic carbocycles. The highest BCUT2D eigenvalue weighted by Gasteiger charge is 2.48. The summed E-state index contributed by atoms with van der Waals surface area (Å²) < 4.78 is 28.4. The molecule has 7 nitrogen and oxygen atoms in total. The average molecular weight is 362 g/mol. The monoisotopic (exact) mass is 361 g/mol. The van der Waals surface area contributed by atoms with Gasteiger partial charge in [-0.3, -0.25) is 10.2 Å². The molecular formula is C14H27N5O2S2. The Kier molecular flexibility index (Phi) is 4.19. The number of hydrogen-bond donors (Lipinski definition) is 4. The predicted octanol–water partition coefficient (Wildman–Crippen LogP) is 0.0813. The minimum atomic E-state index is -3.22. The first-order valence-corrected chi connectivity index (χ1v) is 11.0. The van der Waals surface area contributed by atoms with E-state index in [1.54, 1.807) is 0 Å². The second kappa shape index (κ2) is 5.82. The highest BCUT2D eigenvalue weighted by molar-refractivity contribution is 8.00. The molecular weight excluding hydrogens is 334 g/mol. The molecule has 2 saturated heterocycles. The Labute approximate surface area is 142 Å². The van der Waals surface area contributed by atoms with Crippen LogP contribution in [0.15, 0.2) is 0 Å². The van der Waals surface area contributed by atoms with Crippen molar-refractivity contribution in [1.82, 2.24) is 25.8 Å². The van der Waals surface area contributed by atoms with E-state index in [0.717, 1.165) is 38.8 Å². The van der Waals surface area contributed by atoms with E-state index in [9.17, 15) is 8.42 Å². The maximum absolute atomic E-state index is 12.7. The van der Waals surface area contributed by atoms with E-state index < -0.39 is 10.0 Å². The average Bonchev–Trinajstić information content (AvgIpc) is 2.89. The van der Waals surface area contributed by atoms with E-state index in [2.05, 4.69) is 32.7 Å². The molecule has 5 unspecified atom stereocenters. The summed E-state index contributed by atoms with van der Waals surface area (Å²) in [6, 6.07) is 0.700. The van der Waals surface area contributed by atoms with Crippen molar-refractivity contribution in [2.45, 2.75) is 79.7 Å². The third-order valence-electron chi connectivity index (χ3n) is 5.60. The van der Waals surface area contributed by atoms with Crippen LogP contribution in [0.25, 0.3) is 0 Å². The van der Waals surface area contributed by atoms with E-state index >= 15 is 0 Å². The van der Waals surface area contributed by atoms with Crippen LogP contribution < -0.4 is 20.9 Å². The summed E-state index contributed by atoms with van der Waals surface area (Å²) in [7, 11) is -3.22. The fourth-order valence-corrected chi connectivity index (χ4v) is 6.92. The molecule has 0 bridgehead atoms. The van der Waals surface area contributed by atoms with Crippen molar-refractivity contribution in [3.63, 3.8) is 0 Å². The Balaban J connectivity index is 1.45. The summed E-state index contributed by atoms with van der Waals surface area (Å²) in [5, 5.41) is 3.67. The molecule has 5 atom stereocenters. The highest BCUT2D eigenvalue weighted by Crippen LogP contribution is 2.38. The third kappa shape index (κ3) is 3.29. The number of sulfonamides is 1. The Bertz CT molecular complexity index is 568. The van der Waals surface area contributed by atoms with Crippen LogP contribution in [0.2, 0.25) is 0 Å². The zero-order valence-corrected chi connectivity index (χ0v) is 15.3. The lowest BCUT2D eigenvalue weighted by Gasteiger charge is -2.37. The number of fused-ring (bicyclic) bond motifs is 1. The van der Waals surface area contributed by atoms with E-state index in [4.69, 9.17) is 0 Å². The molecule has 2 aliphatic carbocycles. The van der Waals surface area contributed by atoms with Crippen molar-refractivity contribution >= 4 is 21.8 Å². The SMILES string of the molecule is CC1NNC(N2CNC3CCC(S(=O)(=O)NC4(C)CC4)CC32)S1. The van der Waals surface area contributed by atoms with Crippen molar-refractivity contribution in [1.29, 1.82) is 0 Å². The summed E-state index contributed by atoms with van der Waals surface area (Å²) in [5.41, 5.74) is 6.59. The van der Waals surface area contributed by atoms with Gasteiger partial charge < -0.3 is 0 Å². The molecule has 2 aliphatic heterocycles. The van der Waals surface area contributed by atoms with Gasteiger partial charge in [0.25, 0.3) is 0 Å². The van der Waals surface area contributed by atoms with Gasteiger partial charge in [0.2, 0.25) is 10.0 Å². The maximum Gasteiger partial charge on any atom is 0.215 e. The number of rotatable bonds is 4. The molecule has 4 N–H and O–H groups in total. The van der Waals surface area contributed by atoms with Gasteiger partial charge in [-0.1, -0.05) is 0 Å². The van der Waals surface area contributed by atoms with E-state index in [1.165, 1.54) is 0 Å². The minimum Gasteiger partial charge on any atom is -0.300 e. The second-order valence-corrected chi connectivity index (χ2v) is 11.0. The molecule has 132 valence electrons. The Morgan fingerprint density at radius 2 is 2.04 bits per heavy atom. The van der Waals surface area contributed by atoms with E-state index in [-0.39, 0.29) is 22.3 Å². The zero-order chi connectivity index (χ0) is 16.2. The van der Waals surface area contributed by atoms with Crippen LogP contribution in [0.5, 0.6) is 0 Å². The van der Waals surface area contributed by atoms with Crippen LogP contribution in [0.3, 0.4) is 0 Å². The lowest BCUT2D eigenvalue weighted by Crippen LogP contribution is -2.53. The fraction of sp³-hybridized carbons (Fsp3) is 1.00. The first kappa shape index (κ1) is 16.6. The summed E-state index contributed by atoms with van der Waals surface area (Å²) >= 11 is 1.85. The van der Waals surface area contributed by atoms with Gasteiger partial charge in [-0.25, -0.2) is 24.0 Å². The molecule has 4 rings (SSSR count). The molecule has 0 aromatic rings. The van der Waals surface area contributed by atoms with Gasteiger partial charge in [0, 0.05) is 17.6 Å². The predicted molar refractivity (Wildman–Crippen MR) is 91.9 cm³/mol. The first-order chi connectivity index (χ1) is 10.9. The number of hydrogen-bond acceptors (Lipinski definition) is 7. The van der Waals surface area contributed by atoms with Crippen LogP contribution in [0.4, 0.5) is 0 Å². The Morgan fingerprint density at radius 1 is 1.26 bits per heavy atom. The standard InChI is InChI=1S/C14H27N5O2S2/c1-9-16-17-13(22-9)19-8-15-11-4-3-10(7-12(11)19)23(20,21)18-14(2)5-6-14/h9-13,15-18H,3-8H2,1-2H3. The molecule has 9 heteroatoms. The molecule has 0 aromatic heterocycles. The van der Waals surface area contributed by atoms with Crippen molar-refractivity contribution in [3.8, 4) is 0 Å². The summed E-state index contributed by atoms with van der Waals surface area (Å²) in [4.78, 5) is 2.38. The summed E-state index contributed by atoms with van der Waals surface area (Å²) in [5.74, 6) is 0. The summed E-state index contributed by atoms with van der Waals surface area (Å²) in [6.07, 6.45) is 4.34. The summed E-state index contributed by atoms with van der Waals surface area (Å²) in [6.45, 7) is 4.96. The van der Waals surface area contributed by atoms with Gasteiger partial charge in [-0.05, 0) is 46.0 Å². The van der Waals surface area contributed by atoms with Gasteiger partial charge in [0.15, 0.2) is 0 Å². The second-order valence-electron chi connectivity index (χ2n) is 7.61. The number of nitrogens with zero attached hydrogens (tertiary/aromatic N) is 1. The van der Waals surface area contributed by atoms with Crippen molar-refractivity contribution in [2.75, 3.05) is 6.67 Å². The molecule has 2 saturated carbocycles. The minimum absolute atomic E-state index is 0.175. The van der Waals surface area contributed by atoms with Gasteiger partial charge in [0.05, 0.1) is 17.3 Å². The van der Waals surface area contributed by atoms with Crippen molar-refractivity contribution in [2.24, 2.45) is 0 Å². The number of nitrogens with one attached hydrogen (secondary N) is 4.